The zero-order valence-corrected chi connectivity index (χ0v) is 15.4. The summed E-state index contributed by atoms with van der Waals surface area (Å²) in [6.45, 7) is 0. The van der Waals surface area contributed by atoms with Crippen molar-refractivity contribution in [2.75, 3.05) is 5.32 Å². The quantitative estimate of drug-likeness (QED) is 0.584. The average molecular weight is 378 g/mol. The summed E-state index contributed by atoms with van der Waals surface area (Å²) in [5, 5.41) is 11.6. The number of anilines is 1. The van der Waals surface area contributed by atoms with E-state index < -0.39 is 0 Å². The van der Waals surface area contributed by atoms with Gasteiger partial charge in [0.05, 0.1) is 0 Å². The van der Waals surface area contributed by atoms with E-state index in [4.69, 9.17) is 0 Å². The molecule has 1 amide bonds. The molecule has 1 aromatic heterocycles. The molecule has 1 heterocycles. The monoisotopic (exact) mass is 377 g/mol. The normalized spacial score (nSPS) is 24.6. The third kappa shape index (κ3) is 4.20. The number of hydrogen-bond donors (Lipinski definition) is 1. The van der Waals surface area contributed by atoms with Crippen LogP contribution in [0.5, 0.6) is 0 Å². The molecule has 2 aromatic rings. The van der Waals surface area contributed by atoms with Gasteiger partial charge < -0.3 is 5.32 Å². The first kappa shape index (κ1) is 17.0. The molecule has 4 rings (SSSR count). The SMILES string of the molecule is O=C(C[C@@H]1C[C@H]2CC[C@H]1C2)Nc1nnc(SCc2ccc(F)cc2)s1. The maximum absolute atomic E-state index is 12.9. The van der Waals surface area contributed by atoms with Gasteiger partial charge in [0.25, 0.3) is 0 Å². The van der Waals surface area contributed by atoms with E-state index in [2.05, 4.69) is 15.5 Å². The number of nitrogens with one attached hydrogen (secondary N) is 1. The molecular weight excluding hydrogens is 357 g/mol. The number of benzene rings is 1. The number of hydrogen-bond acceptors (Lipinski definition) is 5. The lowest BCUT2D eigenvalue weighted by Crippen LogP contribution is -2.20. The fourth-order valence-electron chi connectivity index (χ4n) is 4.08. The number of amides is 1. The van der Waals surface area contributed by atoms with E-state index in [1.165, 1.54) is 49.2 Å². The first-order valence-electron chi connectivity index (χ1n) is 8.66. The third-order valence-electron chi connectivity index (χ3n) is 5.26. The van der Waals surface area contributed by atoms with Gasteiger partial charge in [-0.25, -0.2) is 4.39 Å². The minimum absolute atomic E-state index is 0.0591. The molecule has 2 aliphatic rings. The van der Waals surface area contributed by atoms with Crippen molar-refractivity contribution >= 4 is 34.1 Å². The first-order valence-corrected chi connectivity index (χ1v) is 10.5. The Labute approximate surface area is 154 Å². The van der Waals surface area contributed by atoms with Gasteiger partial charge in [0.1, 0.15) is 5.82 Å². The van der Waals surface area contributed by atoms with Crippen molar-refractivity contribution in [1.29, 1.82) is 0 Å². The molecular formula is C18H20FN3OS2. The third-order valence-corrected chi connectivity index (χ3v) is 7.30. The van der Waals surface area contributed by atoms with Crippen LogP contribution in [0.4, 0.5) is 9.52 Å². The van der Waals surface area contributed by atoms with E-state index in [9.17, 15) is 9.18 Å². The molecule has 2 bridgehead atoms. The average Bonchev–Trinajstić information content (AvgIpc) is 3.31. The van der Waals surface area contributed by atoms with Crippen LogP contribution in [0.15, 0.2) is 28.6 Å². The van der Waals surface area contributed by atoms with Gasteiger partial charge in [-0.3, -0.25) is 4.79 Å². The molecule has 1 N–H and O–H groups in total. The summed E-state index contributed by atoms with van der Waals surface area (Å²) >= 11 is 2.93. The van der Waals surface area contributed by atoms with Gasteiger partial charge in [-0.2, -0.15) is 0 Å². The summed E-state index contributed by atoms with van der Waals surface area (Å²) in [6.07, 6.45) is 5.80. The fourth-order valence-corrected chi connectivity index (χ4v) is 5.80. The van der Waals surface area contributed by atoms with E-state index in [0.29, 0.717) is 23.2 Å². The smallest absolute Gasteiger partial charge is 0.226 e. The number of rotatable bonds is 6. The van der Waals surface area contributed by atoms with Gasteiger partial charge in [0.2, 0.25) is 11.0 Å². The summed E-state index contributed by atoms with van der Waals surface area (Å²) in [4.78, 5) is 12.3. The highest BCUT2D eigenvalue weighted by atomic mass is 32.2. The molecule has 2 fully saturated rings. The van der Waals surface area contributed by atoms with Gasteiger partial charge >= 0.3 is 0 Å². The van der Waals surface area contributed by atoms with Crippen molar-refractivity contribution in [1.82, 2.24) is 10.2 Å². The number of aromatic nitrogens is 2. The lowest BCUT2D eigenvalue weighted by Gasteiger charge is -2.20. The van der Waals surface area contributed by atoms with Crippen molar-refractivity contribution in [2.45, 2.75) is 42.2 Å². The summed E-state index contributed by atoms with van der Waals surface area (Å²) in [5.41, 5.74) is 1.03. The summed E-state index contributed by atoms with van der Waals surface area (Å²) in [6, 6.07) is 6.44. The predicted octanol–water partition coefficient (Wildman–Crippen LogP) is 4.73. The van der Waals surface area contributed by atoms with Crippen molar-refractivity contribution in [2.24, 2.45) is 17.8 Å². The van der Waals surface area contributed by atoms with Crippen LogP contribution < -0.4 is 5.32 Å². The molecule has 2 saturated carbocycles. The number of nitrogens with zero attached hydrogens (tertiary/aromatic N) is 2. The second-order valence-corrected chi connectivity index (χ2v) is 9.18. The van der Waals surface area contributed by atoms with Crippen molar-refractivity contribution in [3.8, 4) is 0 Å². The lowest BCUT2D eigenvalue weighted by atomic mass is 9.86. The Morgan fingerprint density at radius 2 is 2.08 bits per heavy atom. The number of carbonyl (C=O) groups is 1. The van der Waals surface area contributed by atoms with E-state index in [0.717, 1.165) is 21.7 Å². The Morgan fingerprint density at radius 3 is 2.80 bits per heavy atom. The summed E-state index contributed by atoms with van der Waals surface area (Å²) in [7, 11) is 0. The molecule has 4 nitrogen and oxygen atoms in total. The van der Waals surface area contributed by atoms with E-state index in [1.807, 2.05) is 0 Å². The second-order valence-electron chi connectivity index (χ2n) is 6.98. The van der Waals surface area contributed by atoms with Gasteiger partial charge in [0, 0.05) is 12.2 Å². The van der Waals surface area contributed by atoms with Crippen LogP contribution in [0.3, 0.4) is 0 Å². The van der Waals surface area contributed by atoms with E-state index in [-0.39, 0.29) is 11.7 Å². The molecule has 2 aliphatic carbocycles. The van der Waals surface area contributed by atoms with Crippen LogP contribution >= 0.6 is 23.1 Å². The highest BCUT2D eigenvalue weighted by Gasteiger charge is 2.40. The Bertz CT molecular complexity index is 749. The second kappa shape index (κ2) is 7.41. The first-order chi connectivity index (χ1) is 12.2. The minimum atomic E-state index is -0.231. The van der Waals surface area contributed by atoms with Crippen molar-refractivity contribution in [3.63, 3.8) is 0 Å². The van der Waals surface area contributed by atoms with Crippen molar-refractivity contribution in [3.05, 3.63) is 35.6 Å². The highest BCUT2D eigenvalue weighted by Crippen LogP contribution is 2.49. The fraction of sp³-hybridized carbons (Fsp3) is 0.500. The number of fused-ring (bicyclic) bond motifs is 2. The topological polar surface area (TPSA) is 54.9 Å². The summed E-state index contributed by atoms with van der Waals surface area (Å²) in [5.74, 6) is 2.70. The van der Waals surface area contributed by atoms with Crippen LogP contribution in [0, 0.1) is 23.6 Å². The molecule has 132 valence electrons. The van der Waals surface area contributed by atoms with E-state index in [1.54, 1.807) is 23.9 Å². The standard InChI is InChI=1S/C18H20FN3OS2/c19-15-5-2-11(3-6-15)10-24-18-22-21-17(25-18)20-16(23)9-14-8-12-1-4-13(14)7-12/h2-3,5-6,12-14H,1,4,7-10H2,(H,20,21,23)/t12-,13-,14-/m0/s1. The molecule has 0 spiro atoms. The van der Waals surface area contributed by atoms with Crippen LogP contribution in [0.1, 0.15) is 37.7 Å². The van der Waals surface area contributed by atoms with Gasteiger partial charge in [-0.15, -0.1) is 10.2 Å². The highest BCUT2D eigenvalue weighted by molar-refractivity contribution is 8.00. The number of halogens is 1. The Hall–Kier alpha value is -1.47. The van der Waals surface area contributed by atoms with Crippen LogP contribution in [0.2, 0.25) is 0 Å². The zero-order valence-electron chi connectivity index (χ0n) is 13.8. The van der Waals surface area contributed by atoms with Crippen molar-refractivity contribution < 1.29 is 9.18 Å². The number of carbonyl (C=O) groups excluding carboxylic acids is 1. The Balaban J connectivity index is 1.26. The molecule has 25 heavy (non-hydrogen) atoms. The zero-order chi connectivity index (χ0) is 17.2. The molecule has 0 aliphatic heterocycles. The molecule has 3 atom stereocenters. The van der Waals surface area contributed by atoms with Gasteiger partial charge in [-0.05, 0) is 54.7 Å². The van der Waals surface area contributed by atoms with Gasteiger partial charge in [-0.1, -0.05) is 41.7 Å². The minimum Gasteiger partial charge on any atom is -0.300 e. The van der Waals surface area contributed by atoms with Crippen LogP contribution in [-0.2, 0) is 10.5 Å². The Kier molecular flexibility index (Phi) is 5.03. The number of thioether (sulfide) groups is 1. The molecule has 0 saturated heterocycles. The van der Waals surface area contributed by atoms with Crippen LogP contribution in [0.25, 0.3) is 0 Å². The van der Waals surface area contributed by atoms with Gasteiger partial charge in [0.15, 0.2) is 4.34 Å². The lowest BCUT2D eigenvalue weighted by molar-refractivity contribution is -0.117. The largest absolute Gasteiger partial charge is 0.300 e. The molecule has 0 unspecified atom stereocenters. The molecule has 0 radical (unpaired) electrons. The maximum atomic E-state index is 12.9. The predicted molar refractivity (Wildman–Crippen MR) is 98.1 cm³/mol. The summed E-state index contributed by atoms with van der Waals surface area (Å²) < 4.78 is 13.7. The molecule has 1 aromatic carbocycles. The van der Waals surface area contributed by atoms with Crippen LogP contribution in [-0.4, -0.2) is 16.1 Å². The Morgan fingerprint density at radius 1 is 1.24 bits per heavy atom. The maximum Gasteiger partial charge on any atom is 0.226 e. The molecule has 7 heteroatoms. The van der Waals surface area contributed by atoms with E-state index >= 15 is 0 Å².